The maximum Gasteiger partial charge on any atom is 0.223 e. The monoisotopic (exact) mass is 587 g/mol. The maximum absolute atomic E-state index is 13.3. The number of nitriles is 1. The molecule has 0 aliphatic carbocycles. The normalized spacial score (nSPS) is 25.2. The van der Waals surface area contributed by atoms with Gasteiger partial charge in [0.15, 0.2) is 0 Å². The second-order valence-electron chi connectivity index (χ2n) is 12.0. The molecule has 1 N–H and O–H groups in total. The van der Waals surface area contributed by atoms with E-state index in [1.165, 1.54) is 34.7 Å². The number of nitrogens with one attached hydrogen (secondary N) is 1. The molecule has 5 heterocycles. The average Bonchev–Trinajstić information content (AvgIpc) is 3.61. The molecule has 3 aliphatic heterocycles. The molecular weight excluding hydrogens is 546 g/mol. The Balaban J connectivity index is 1.24. The quantitative estimate of drug-likeness (QED) is 0.474. The van der Waals surface area contributed by atoms with Crippen LogP contribution in [0.5, 0.6) is 0 Å². The van der Waals surface area contributed by atoms with E-state index in [9.17, 15) is 18.5 Å². The predicted octanol–water partition coefficient (Wildman–Crippen LogP) is 3.73. The van der Waals surface area contributed by atoms with Crippen molar-refractivity contribution in [3.05, 3.63) is 33.5 Å². The standard InChI is InChI=1S/C28H41N7O3S2/c1-18(2)27-32-31-19(3)35(27)23-15-21-5-6-22(16-23)34(21)14-11-25(26-8-7-24(17-29)39-26)30-28(36)20-9-12-33(13-10-20)40(4,37)38/h7-8,18,20-23,25H,5-6,9-16H2,1-4H3,(H,30,36)/t21-,22-,25-/m0/s1. The molecule has 2 aromatic heterocycles. The highest BCUT2D eigenvalue weighted by molar-refractivity contribution is 7.88. The maximum atomic E-state index is 13.3. The Hall–Kier alpha value is -2.33. The molecule has 3 aliphatic rings. The van der Waals surface area contributed by atoms with E-state index < -0.39 is 10.0 Å². The Kier molecular flexibility index (Phi) is 8.66. The first-order valence-corrected chi connectivity index (χ1v) is 17.1. The number of fused-ring (bicyclic) bond motifs is 2. The summed E-state index contributed by atoms with van der Waals surface area (Å²) in [6, 6.07) is 7.26. The SMILES string of the molecule is Cc1nnc(C(C)C)n1C1C[C@@H]2CC[C@@H](C1)N2CC[C@H](NC(=O)C1CCN(S(C)(=O)=O)CC1)c1ccc(C#N)s1. The summed E-state index contributed by atoms with van der Waals surface area (Å²) in [6.07, 6.45) is 7.60. The number of thiophene rings is 1. The third kappa shape index (κ3) is 6.12. The lowest BCUT2D eigenvalue weighted by Gasteiger charge is -2.40. The zero-order chi connectivity index (χ0) is 28.6. The Labute approximate surface area is 241 Å². The van der Waals surface area contributed by atoms with Gasteiger partial charge in [-0.2, -0.15) is 5.26 Å². The molecule has 5 rings (SSSR count). The summed E-state index contributed by atoms with van der Waals surface area (Å²) >= 11 is 1.44. The zero-order valence-electron chi connectivity index (χ0n) is 23.9. The van der Waals surface area contributed by atoms with Gasteiger partial charge in [-0.3, -0.25) is 9.69 Å². The Bertz CT molecular complexity index is 1340. The first kappa shape index (κ1) is 29.2. The molecule has 0 unspecified atom stereocenters. The van der Waals surface area contributed by atoms with Crippen molar-refractivity contribution in [1.29, 1.82) is 5.26 Å². The molecule has 0 aromatic carbocycles. The molecule has 12 heteroatoms. The number of rotatable bonds is 9. The van der Waals surface area contributed by atoms with Crippen molar-refractivity contribution >= 4 is 27.3 Å². The average molecular weight is 588 g/mol. The van der Waals surface area contributed by atoms with Crippen LogP contribution in [0.3, 0.4) is 0 Å². The molecule has 0 radical (unpaired) electrons. The molecule has 0 spiro atoms. The molecular formula is C28H41N7O3S2. The van der Waals surface area contributed by atoms with Crippen LogP contribution in [0.1, 0.15) is 98.2 Å². The van der Waals surface area contributed by atoms with Crippen molar-refractivity contribution in [1.82, 2.24) is 29.3 Å². The van der Waals surface area contributed by atoms with Gasteiger partial charge in [0, 0.05) is 54.5 Å². The Morgan fingerprint density at radius 2 is 1.80 bits per heavy atom. The number of nitrogens with zero attached hydrogens (tertiary/aromatic N) is 6. The lowest BCUT2D eigenvalue weighted by atomic mass is 9.95. The Morgan fingerprint density at radius 3 is 2.38 bits per heavy atom. The number of carbonyl (C=O) groups is 1. The van der Waals surface area contributed by atoms with Crippen LogP contribution in [-0.4, -0.2) is 76.3 Å². The van der Waals surface area contributed by atoms with Gasteiger partial charge in [-0.15, -0.1) is 21.5 Å². The van der Waals surface area contributed by atoms with Crippen LogP contribution in [0.25, 0.3) is 0 Å². The lowest BCUT2D eigenvalue weighted by Crippen LogP contribution is -2.46. The fourth-order valence-electron chi connectivity index (χ4n) is 6.96. The first-order chi connectivity index (χ1) is 19.0. The van der Waals surface area contributed by atoms with Crippen LogP contribution in [-0.2, 0) is 14.8 Å². The molecule has 3 fully saturated rings. The van der Waals surface area contributed by atoms with E-state index in [-0.39, 0.29) is 17.9 Å². The van der Waals surface area contributed by atoms with Gasteiger partial charge in [0.2, 0.25) is 15.9 Å². The van der Waals surface area contributed by atoms with Gasteiger partial charge in [0.05, 0.1) is 12.3 Å². The number of piperidine rings is 2. The molecule has 3 saturated heterocycles. The number of aryl methyl sites for hydroxylation is 1. The van der Waals surface area contributed by atoms with Crippen LogP contribution in [0.15, 0.2) is 12.1 Å². The molecule has 218 valence electrons. The number of carbonyl (C=O) groups excluding carboxylic acids is 1. The number of aromatic nitrogens is 3. The van der Waals surface area contributed by atoms with E-state index in [2.05, 4.69) is 51.8 Å². The lowest BCUT2D eigenvalue weighted by molar-refractivity contribution is -0.127. The zero-order valence-corrected chi connectivity index (χ0v) is 25.5. The van der Waals surface area contributed by atoms with E-state index in [0.717, 1.165) is 42.3 Å². The van der Waals surface area contributed by atoms with E-state index in [4.69, 9.17) is 0 Å². The summed E-state index contributed by atoms with van der Waals surface area (Å²) in [5.74, 6) is 2.19. The Morgan fingerprint density at radius 1 is 1.12 bits per heavy atom. The molecule has 2 aromatic rings. The van der Waals surface area contributed by atoms with Crippen molar-refractivity contribution in [2.45, 2.75) is 95.8 Å². The second-order valence-corrected chi connectivity index (χ2v) is 15.1. The third-order valence-corrected chi connectivity index (χ3v) is 11.4. The van der Waals surface area contributed by atoms with Gasteiger partial charge in [-0.1, -0.05) is 13.8 Å². The second kappa shape index (κ2) is 11.9. The van der Waals surface area contributed by atoms with Gasteiger partial charge in [0.25, 0.3) is 0 Å². The molecule has 0 saturated carbocycles. The number of hydrogen-bond donors (Lipinski definition) is 1. The minimum Gasteiger partial charge on any atom is -0.348 e. The number of sulfonamides is 1. The molecule has 10 nitrogen and oxygen atoms in total. The summed E-state index contributed by atoms with van der Waals surface area (Å²) < 4.78 is 27.6. The molecule has 1 amide bonds. The van der Waals surface area contributed by atoms with Gasteiger partial charge >= 0.3 is 0 Å². The van der Waals surface area contributed by atoms with Crippen molar-refractivity contribution in [3.63, 3.8) is 0 Å². The van der Waals surface area contributed by atoms with E-state index in [1.807, 2.05) is 12.1 Å². The van der Waals surface area contributed by atoms with Gasteiger partial charge in [0.1, 0.15) is 22.6 Å². The van der Waals surface area contributed by atoms with Gasteiger partial charge in [-0.05, 0) is 64.0 Å². The summed E-state index contributed by atoms with van der Waals surface area (Å²) in [6.45, 7) is 8.05. The fraction of sp³-hybridized carbons (Fsp3) is 0.714. The van der Waals surface area contributed by atoms with Crippen LogP contribution in [0.2, 0.25) is 0 Å². The summed E-state index contributed by atoms with van der Waals surface area (Å²) in [5, 5.41) is 21.5. The topological polar surface area (TPSA) is 124 Å². The predicted molar refractivity (Wildman–Crippen MR) is 154 cm³/mol. The van der Waals surface area contributed by atoms with Crippen molar-refractivity contribution < 1.29 is 13.2 Å². The van der Waals surface area contributed by atoms with Crippen molar-refractivity contribution in [3.8, 4) is 6.07 Å². The highest BCUT2D eigenvalue weighted by Gasteiger charge is 2.42. The minimum atomic E-state index is -3.24. The highest BCUT2D eigenvalue weighted by atomic mass is 32.2. The molecule has 3 atom stereocenters. The van der Waals surface area contributed by atoms with E-state index >= 15 is 0 Å². The minimum absolute atomic E-state index is 0.0176. The number of amides is 1. The van der Waals surface area contributed by atoms with Crippen LogP contribution < -0.4 is 5.32 Å². The molecule has 40 heavy (non-hydrogen) atoms. The van der Waals surface area contributed by atoms with Gasteiger partial charge in [-0.25, -0.2) is 12.7 Å². The summed E-state index contributed by atoms with van der Waals surface area (Å²) in [5.41, 5.74) is 0. The van der Waals surface area contributed by atoms with Crippen LogP contribution in [0, 0.1) is 24.2 Å². The van der Waals surface area contributed by atoms with Gasteiger partial charge < -0.3 is 9.88 Å². The van der Waals surface area contributed by atoms with Crippen molar-refractivity contribution in [2.24, 2.45) is 5.92 Å². The van der Waals surface area contributed by atoms with Crippen LogP contribution >= 0.6 is 11.3 Å². The van der Waals surface area contributed by atoms with E-state index in [1.54, 1.807) is 0 Å². The smallest absolute Gasteiger partial charge is 0.223 e. The summed E-state index contributed by atoms with van der Waals surface area (Å²) in [7, 11) is -3.24. The largest absolute Gasteiger partial charge is 0.348 e. The molecule has 2 bridgehead atoms. The fourth-order valence-corrected chi connectivity index (χ4v) is 8.72. The summed E-state index contributed by atoms with van der Waals surface area (Å²) in [4.78, 5) is 17.6. The van der Waals surface area contributed by atoms with Crippen LogP contribution in [0.4, 0.5) is 0 Å². The van der Waals surface area contributed by atoms with Crippen molar-refractivity contribution in [2.75, 3.05) is 25.9 Å². The third-order valence-electron chi connectivity index (χ3n) is 9.00. The highest BCUT2D eigenvalue weighted by Crippen LogP contribution is 2.42. The number of hydrogen-bond acceptors (Lipinski definition) is 8. The first-order valence-electron chi connectivity index (χ1n) is 14.5. The van der Waals surface area contributed by atoms with E-state index in [0.29, 0.717) is 54.9 Å².